The van der Waals surface area contributed by atoms with Gasteiger partial charge in [-0.05, 0) is 19.9 Å². The average Bonchev–Trinajstić information content (AvgIpc) is 2.76. The van der Waals surface area contributed by atoms with E-state index >= 15 is 0 Å². The van der Waals surface area contributed by atoms with E-state index in [2.05, 4.69) is 12.6 Å². The van der Waals surface area contributed by atoms with Crippen LogP contribution in [-0.2, 0) is 4.79 Å². The Balaban J connectivity index is 2.63. The van der Waals surface area contributed by atoms with Gasteiger partial charge in [0.25, 0.3) is 5.91 Å². The summed E-state index contributed by atoms with van der Waals surface area (Å²) in [6, 6.07) is 1.72. The van der Waals surface area contributed by atoms with Gasteiger partial charge in [-0.2, -0.15) is 0 Å². The molecule has 0 aliphatic heterocycles. The van der Waals surface area contributed by atoms with Crippen LogP contribution in [0.25, 0.3) is 0 Å². The van der Waals surface area contributed by atoms with Gasteiger partial charge in [0.05, 0.1) is 11.4 Å². The van der Waals surface area contributed by atoms with Crippen molar-refractivity contribution in [3.8, 4) is 0 Å². The summed E-state index contributed by atoms with van der Waals surface area (Å²) in [5.74, 6) is -0.167. The van der Waals surface area contributed by atoms with Crippen LogP contribution in [0.1, 0.15) is 23.5 Å². The first-order valence-corrected chi connectivity index (χ1v) is 7.13. The summed E-state index contributed by atoms with van der Waals surface area (Å²) in [6.07, 6.45) is 0. The molecule has 0 bridgehead atoms. The molecule has 18 heavy (non-hydrogen) atoms. The van der Waals surface area contributed by atoms with Gasteiger partial charge in [-0.15, -0.1) is 24.0 Å². The van der Waals surface area contributed by atoms with Crippen molar-refractivity contribution in [3.05, 3.63) is 16.3 Å². The summed E-state index contributed by atoms with van der Waals surface area (Å²) < 4.78 is 0. The maximum Gasteiger partial charge on any atom is 0.264 e. The molecule has 1 aromatic rings. The van der Waals surface area contributed by atoms with Crippen LogP contribution in [0.2, 0.25) is 0 Å². The van der Waals surface area contributed by atoms with Crippen LogP contribution in [-0.4, -0.2) is 48.3 Å². The molecule has 0 saturated carbocycles. The Bertz CT molecular complexity index is 427. The first-order chi connectivity index (χ1) is 8.49. The molecule has 0 N–H and O–H groups in total. The van der Waals surface area contributed by atoms with E-state index in [4.69, 9.17) is 0 Å². The summed E-state index contributed by atoms with van der Waals surface area (Å²) in [6.45, 7) is 5.29. The van der Waals surface area contributed by atoms with Gasteiger partial charge in [-0.25, -0.2) is 0 Å². The van der Waals surface area contributed by atoms with Crippen molar-refractivity contribution in [2.75, 3.05) is 26.7 Å². The predicted molar refractivity (Wildman–Crippen MR) is 76.5 cm³/mol. The molecule has 0 saturated heterocycles. The van der Waals surface area contributed by atoms with Gasteiger partial charge in [-0.1, -0.05) is 0 Å². The zero-order valence-corrected chi connectivity index (χ0v) is 12.6. The van der Waals surface area contributed by atoms with E-state index in [-0.39, 0.29) is 18.4 Å². The van der Waals surface area contributed by atoms with Gasteiger partial charge >= 0.3 is 0 Å². The highest BCUT2D eigenvalue weighted by Crippen LogP contribution is 2.18. The minimum Gasteiger partial charge on any atom is -0.342 e. The second-order valence-electron chi connectivity index (χ2n) is 3.90. The molecule has 0 spiro atoms. The number of nitrogens with zero attached hydrogens (tertiary/aromatic N) is 2. The third-order valence-electron chi connectivity index (χ3n) is 2.63. The monoisotopic (exact) mass is 286 g/mol. The number of carbonyl (C=O) groups excluding carboxylic acids is 2. The zero-order valence-electron chi connectivity index (χ0n) is 10.8. The third kappa shape index (κ3) is 3.74. The molecule has 100 valence electrons. The smallest absolute Gasteiger partial charge is 0.264 e. The van der Waals surface area contributed by atoms with E-state index in [1.807, 2.05) is 13.8 Å². The van der Waals surface area contributed by atoms with Crippen molar-refractivity contribution >= 4 is 35.8 Å². The van der Waals surface area contributed by atoms with Gasteiger partial charge in [0.2, 0.25) is 5.91 Å². The van der Waals surface area contributed by atoms with Crippen molar-refractivity contribution < 1.29 is 9.59 Å². The highest BCUT2D eigenvalue weighted by molar-refractivity contribution is 7.80. The lowest BCUT2D eigenvalue weighted by Gasteiger charge is -2.22. The Morgan fingerprint density at radius 2 is 1.94 bits per heavy atom. The number of amides is 2. The average molecular weight is 286 g/mol. The molecule has 0 unspecified atom stereocenters. The Hall–Kier alpha value is -1.01. The first kappa shape index (κ1) is 15.0. The van der Waals surface area contributed by atoms with Crippen LogP contribution >= 0.6 is 24.0 Å². The van der Waals surface area contributed by atoms with Gasteiger partial charge in [0.1, 0.15) is 0 Å². The van der Waals surface area contributed by atoms with Crippen LogP contribution < -0.4 is 0 Å². The molecule has 0 fully saturated rings. The van der Waals surface area contributed by atoms with Crippen molar-refractivity contribution in [1.29, 1.82) is 0 Å². The van der Waals surface area contributed by atoms with Crippen LogP contribution in [0.4, 0.5) is 0 Å². The molecule has 0 aliphatic rings. The van der Waals surface area contributed by atoms with Crippen molar-refractivity contribution in [2.24, 2.45) is 0 Å². The lowest BCUT2D eigenvalue weighted by molar-refractivity contribution is -0.131. The summed E-state index contributed by atoms with van der Waals surface area (Å²) in [4.78, 5) is 28.4. The van der Waals surface area contributed by atoms with Crippen molar-refractivity contribution in [2.45, 2.75) is 18.7 Å². The number of thiol groups is 1. The quantitative estimate of drug-likeness (QED) is 0.841. The highest BCUT2D eigenvalue weighted by atomic mass is 32.1. The van der Waals surface area contributed by atoms with Crippen LogP contribution in [0.15, 0.2) is 16.3 Å². The molecular weight excluding hydrogens is 268 g/mol. The standard InChI is InChI=1S/C12H18N2O2S2/c1-4-14(5-2)11(15)7-13(3)12(16)10-6-9(17)8-18-10/h6,8,17H,4-5,7H2,1-3H3. The van der Waals surface area contributed by atoms with Crippen molar-refractivity contribution in [1.82, 2.24) is 9.80 Å². The Morgan fingerprint density at radius 3 is 2.39 bits per heavy atom. The van der Waals surface area contributed by atoms with Crippen molar-refractivity contribution in [3.63, 3.8) is 0 Å². The summed E-state index contributed by atoms with van der Waals surface area (Å²) in [5, 5.41) is 1.80. The molecular formula is C12H18N2O2S2. The maximum absolute atomic E-state index is 12.0. The van der Waals surface area contributed by atoms with Gasteiger partial charge in [0, 0.05) is 30.4 Å². The Labute approximate surface area is 117 Å². The zero-order chi connectivity index (χ0) is 13.7. The number of rotatable bonds is 5. The van der Waals surface area contributed by atoms with E-state index in [0.717, 1.165) is 4.90 Å². The second kappa shape index (κ2) is 6.80. The number of hydrogen-bond donors (Lipinski definition) is 1. The molecule has 1 rings (SSSR count). The summed E-state index contributed by atoms with van der Waals surface area (Å²) in [7, 11) is 1.64. The topological polar surface area (TPSA) is 40.6 Å². The first-order valence-electron chi connectivity index (χ1n) is 5.80. The number of likely N-dealkylation sites (N-methyl/N-ethyl adjacent to an activating group) is 2. The van der Waals surface area contributed by atoms with E-state index < -0.39 is 0 Å². The number of thiophene rings is 1. The largest absolute Gasteiger partial charge is 0.342 e. The lowest BCUT2D eigenvalue weighted by Crippen LogP contribution is -2.40. The third-order valence-corrected chi connectivity index (χ3v) is 3.98. The molecule has 0 aromatic carbocycles. The molecule has 2 amide bonds. The number of carbonyl (C=O) groups is 2. The minimum atomic E-state index is -0.138. The van der Waals surface area contributed by atoms with E-state index in [1.54, 1.807) is 23.4 Å². The van der Waals surface area contributed by atoms with Gasteiger partial charge < -0.3 is 9.80 Å². The molecule has 0 radical (unpaired) electrons. The van der Waals surface area contributed by atoms with Gasteiger partial charge in [0.15, 0.2) is 0 Å². The van der Waals surface area contributed by atoms with E-state index in [1.165, 1.54) is 16.2 Å². The molecule has 0 atom stereocenters. The van der Waals surface area contributed by atoms with Crippen LogP contribution in [0.5, 0.6) is 0 Å². The molecule has 1 heterocycles. The molecule has 6 heteroatoms. The SMILES string of the molecule is CCN(CC)C(=O)CN(C)C(=O)c1cc(S)cs1. The molecule has 1 aromatic heterocycles. The Morgan fingerprint density at radius 1 is 1.33 bits per heavy atom. The predicted octanol–water partition coefficient (Wildman–Crippen LogP) is 1.98. The fraction of sp³-hybridized carbons (Fsp3) is 0.500. The minimum absolute atomic E-state index is 0.0292. The maximum atomic E-state index is 12.0. The van der Waals surface area contributed by atoms with Crippen LogP contribution in [0.3, 0.4) is 0 Å². The second-order valence-corrected chi connectivity index (χ2v) is 5.32. The fourth-order valence-corrected chi connectivity index (χ4v) is 2.72. The Kier molecular flexibility index (Phi) is 5.68. The summed E-state index contributed by atoms with van der Waals surface area (Å²) >= 11 is 5.51. The summed E-state index contributed by atoms with van der Waals surface area (Å²) in [5.41, 5.74) is 0. The normalized spacial score (nSPS) is 10.2. The van der Waals surface area contributed by atoms with E-state index in [0.29, 0.717) is 18.0 Å². The fourth-order valence-electron chi connectivity index (χ4n) is 1.58. The van der Waals surface area contributed by atoms with E-state index in [9.17, 15) is 9.59 Å². The highest BCUT2D eigenvalue weighted by Gasteiger charge is 2.18. The van der Waals surface area contributed by atoms with Crippen LogP contribution in [0, 0.1) is 0 Å². The lowest BCUT2D eigenvalue weighted by atomic mass is 10.3. The number of hydrogen-bond acceptors (Lipinski definition) is 4. The van der Waals surface area contributed by atoms with Gasteiger partial charge in [-0.3, -0.25) is 9.59 Å². The molecule has 0 aliphatic carbocycles. The molecule has 4 nitrogen and oxygen atoms in total.